The highest BCUT2D eigenvalue weighted by Gasteiger charge is 1.93. The van der Waals surface area contributed by atoms with E-state index in [9.17, 15) is 0 Å². The summed E-state index contributed by atoms with van der Waals surface area (Å²) in [6, 6.07) is 1.83. The fourth-order valence-electron chi connectivity index (χ4n) is 0.845. The zero-order chi connectivity index (χ0) is 6.97. The smallest absolute Gasteiger partial charge is 0.155 e. The average molecular weight is 129 g/mol. The van der Waals surface area contributed by atoms with Crippen molar-refractivity contribution in [3.8, 4) is 0 Å². The van der Waals surface area contributed by atoms with Crippen LogP contribution in [-0.2, 0) is 0 Å². The Labute approximate surface area is 58.9 Å². The highest BCUT2D eigenvalue weighted by molar-refractivity contribution is 6.30. The zero-order valence-corrected chi connectivity index (χ0v) is 5.20. The third-order valence-corrected chi connectivity index (χ3v) is 1.28. The molecular weight excluding hydrogens is 125 g/mol. The second-order valence-corrected chi connectivity index (χ2v) is 2.01. The van der Waals surface area contributed by atoms with Gasteiger partial charge in [0.15, 0.2) is 5.65 Å². The second-order valence-electron chi connectivity index (χ2n) is 2.01. The molecule has 0 atom stereocenters. The summed E-state index contributed by atoms with van der Waals surface area (Å²) in [5, 5.41) is 0. The maximum atomic E-state index is 5.40. The summed E-state index contributed by atoms with van der Waals surface area (Å²) in [4.78, 5) is 10.9. The first-order valence-corrected chi connectivity index (χ1v) is 2.92. The molecule has 0 amide bonds. The molecule has 2 radical (unpaired) electrons. The minimum absolute atomic E-state index is 0.451. The van der Waals surface area contributed by atoms with E-state index in [0.29, 0.717) is 5.59 Å². The van der Waals surface area contributed by atoms with Gasteiger partial charge >= 0.3 is 0 Å². The summed E-state index contributed by atoms with van der Waals surface area (Å²) in [5.74, 6) is 0. The maximum absolute atomic E-state index is 5.40. The normalized spacial score (nSPS) is 10.4. The zero-order valence-electron chi connectivity index (χ0n) is 5.20. The van der Waals surface area contributed by atoms with Crippen molar-refractivity contribution in [1.29, 1.82) is 0 Å². The van der Waals surface area contributed by atoms with Gasteiger partial charge in [0, 0.05) is 18.0 Å². The van der Waals surface area contributed by atoms with E-state index >= 15 is 0 Å². The van der Waals surface area contributed by atoms with Crippen LogP contribution in [0.5, 0.6) is 0 Å². The minimum Gasteiger partial charge on any atom is -0.345 e. The van der Waals surface area contributed by atoms with Crippen LogP contribution in [0.2, 0.25) is 0 Å². The number of rotatable bonds is 0. The van der Waals surface area contributed by atoms with Gasteiger partial charge in [-0.15, -0.1) is 0 Å². The maximum Gasteiger partial charge on any atom is 0.155 e. The van der Waals surface area contributed by atoms with Gasteiger partial charge in [0.1, 0.15) is 13.4 Å². The molecule has 2 heterocycles. The molecule has 0 saturated carbocycles. The Hall–Kier alpha value is -1.32. The van der Waals surface area contributed by atoms with Crippen molar-refractivity contribution in [3.05, 3.63) is 18.5 Å². The van der Waals surface area contributed by atoms with Crippen LogP contribution in [0.3, 0.4) is 0 Å². The SMILES string of the molecule is [B]c1cnc2[nH]ccc2n1. The molecule has 0 saturated heterocycles. The van der Waals surface area contributed by atoms with Gasteiger partial charge in [0.25, 0.3) is 0 Å². The second kappa shape index (κ2) is 1.83. The molecule has 0 aliphatic carbocycles. The van der Waals surface area contributed by atoms with Crippen LogP contribution in [0.1, 0.15) is 0 Å². The number of aromatic nitrogens is 3. The van der Waals surface area contributed by atoms with E-state index in [2.05, 4.69) is 15.0 Å². The van der Waals surface area contributed by atoms with Gasteiger partial charge in [-0.1, -0.05) is 0 Å². The molecule has 3 nitrogen and oxygen atoms in total. The summed E-state index contributed by atoms with van der Waals surface area (Å²) in [6.45, 7) is 0. The molecule has 0 fully saturated rings. The topological polar surface area (TPSA) is 41.6 Å². The first-order chi connectivity index (χ1) is 4.86. The highest BCUT2D eigenvalue weighted by atomic mass is 14.9. The van der Waals surface area contributed by atoms with Crippen LogP contribution < -0.4 is 5.59 Å². The average Bonchev–Trinajstić information content (AvgIpc) is 2.33. The lowest BCUT2D eigenvalue weighted by atomic mass is 10.1. The molecule has 0 aromatic carbocycles. The Bertz CT molecular complexity index is 355. The van der Waals surface area contributed by atoms with Crippen molar-refractivity contribution in [3.63, 3.8) is 0 Å². The van der Waals surface area contributed by atoms with E-state index in [1.165, 1.54) is 6.20 Å². The molecular formula is C6H4BN3. The fourth-order valence-corrected chi connectivity index (χ4v) is 0.845. The lowest BCUT2D eigenvalue weighted by Crippen LogP contribution is -2.07. The van der Waals surface area contributed by atoms with Crippen molar-refractivity contribution in [2.24, 2.45) is 0 Å². The van der Waals surface area contributed by atoms with E-state index in [1.54, 1.807) is 6.20 Å². The molecule has 2 rings (SSSR count). The summed E-state index contributed by atoms with van der Waals surface area (Å²) < 4.78 is 0. The van der Waals surface area contributed by atoms with Gasteiger partial charge in [-0.05, 0) is 6.07 Å². The van der Waals surface area contributed by atoms with E-state index in [4.69, 9.17) is 7.85 Å². The lowest BCUT2D eigenvalue weighted by molar-refractivity contribution is 1.29. The molecule has 0 spiro atoms. The van der Waals surface area contributed by atoms with Crippen LogP contribution in [0.4, 0.5) is 0 Å². The first kappa shape index (κ1) is 5.47. The number of aromatic amines is 1. The van der Waals surface area contributed by atoms with Crippen LogP contribution in [0.25, 0.3) is 11.2 Å². The number of nitrogens with one attached hydrogen (secondary N) is 1. The largest absolute Gasteiger partial charge is 0.345 e. The van der Waals surface area contributed by atoms with E-state index < -0.39 is 0 Å². The molecule has 2 aromatic rings. The van der Waals surface area contributed by atoms with Gasteiger partial charge in [-0.2, -0.15) is 0 Å². The standard InChI is InChI=1S/C6H4BN3/c7-5-3-9-6-4(10-5)1-2-8-6/h1-3H,(H,8,9). The summed E-state index contributed by atoms with van der Waals surface area (Å²) in [7, 11) is 5.40. The van der Waals surface area contributed by atoms with Gasteiger partial charge in [-0.3, -0.25) is 4.98 Å². The van der Waals surface area contributed by atoms with E-state index in [0.717, 1.165) is 11.2 Å². The van der Waals surface area contributed by atoms with Crippen molar-refractivity contribution < 1.29 is 0 Å². The highest BCUT2D eigenvalue weighted by Crippen LogP contribution is 2.00. The molecule has 2 aromatic heterocycles. The fraction of sp³-hybridized carbons (Fsp3) is 0. The van der Waals surface area contributed by atoms with E-state index in [1.807, 2.05) is 6.07 Å². The molecule has 0 unspecified atom stereocenters. The molecule has 0 aliphatic heterocycles. The van der Waals surface area contributed by atoms with Crippen LogP contribution in [0, 0.1) is 0 Å². The predicted molar refractivity (Wildman–Crippen MR) is 39.3 cm³/mol. The van der Waals surface area contributed by atoms with Crippen LogP contribution in [0.15, 0.2) is 18.5 Å². The number of hydrogen-bond donors (Lipinski definition) is 1. The first-order valence-electron chi connectivity index (χ1n) is 2.92. The van der Waals surface area contributed by atoms with E-state index in [-0.39, 0.29) is 0 Å². The summed E-state index contributed by atoms with van der Waals surface area (Å²) in [6.07, 6.45) is 3.31. The van der Waals surface area contributed by atoms with Crippen molar-refractivity contribution in [2.75, 3.05) is 0 Å². The Morgan fingerprint density at radius 1 is 1.50 bits per heavy atom. The third-order valence-electron chi connectivity index (χ3n) is 1.28. The third kappa shape index (κ3) is 0.691. The Balaban J connectivity index is 2.86. The van der Waals surface area contributed by atoms with Crippen LogP contribution in [-0.4, -0.2) is 22.8 Å². The van der Waals surface area contributed by atoms with Gasteiger partial charge < -0.3 is 4.98 Å². The van der Waals surface area contributed by atoms with Gasteiger partial charge in [0.05, 0.1) is 0 Å². The summed E-state index contributed by atoms with van der Waals surface area (Å²) in [5.41, 5.74) is 2.03. The molecule has 0 bridgehead atoms. The van der Waals surface area contributed by atoms with Gasteiger partial charge in [0.2, 0.25) is 0 Å². The lowest BCUT2D eigenvalue weighted by Gasteiger charge is -1.89. The van der Waals surface area contributed by atoms with Crippen LogP contribution >= 0.6 is 0 Å². The predicted octanol–water partition coefficient (Wildman–Crippen LogP) is -0.248. The van der Waals surface area contributed by atoms with Crippen molar-refractivity contribution in [1.82, 2.24) is 15.0 Å². The minimum atomic E-state index is 0.451. The number of hydrogen-bond acceptors (Lipinski definition) is 2. The van der Waals surface area contributed by atoms with Gasteiger partial charge in [-0.25, -0.2) is 4.98 Å². The monoisotopic (exact) mass is 129 g/mol. The number of H-pyrrole nitrogens is 1. The molecule has 46 valence electrons. The molecule has 0 aliphatic rings. The molecule has 10 heavy (non-hydrogen) atoms. The number of nitrogens with zero attached hydrogens (tertiary/aromatic N) is 2. The molecule has 1 N–H and O–H groups in total. The van der Waals surface area contributed by atoms with Crippen molar-refractivity contribution >= 4 is 24.6 Å². The molecule has 4 heteroatoms. The quantitative estimate of drug-likeness (QED) is 0.498. The Morgan fingerprint density at radius 2 is 2.40 bits per heavy atom. The summed E-state index contributed by atoms with van der Waals surface area (Å²) >= 11 is 0. The number of fused-ring (bicyclic) bond motifs is 1. The Morgan fingerprint density at radius 3 is 3.30 bits per heavy atom. The van der Waals surface area contributed by atoms with Crippen molar-refractivity contribution in [2.45, 2.75) is 0 Å². The Kier molecular flexibility index (Phi) is 1.00.